The number of hydrogen-bond acceptors (Lipinski definition) is 3. The van der Waals surface area contributed by atoms with E-state index in [1.54, 1.807) is 0 Å². The quantitative estimate of drug-likeness (QED) is 0.749. The molecule has 22 heavy (non-hydrogen) atoms. The third kappa shape index (κ3) is 0.844. The van der Waals surface area contributed by atoms with Crippen molar-refractivity contribution in [2.45, 2.75) is 56.5 Å². The number of benzene rings is 1. The van der Waals surface area contributed by atoms with Crippen molar-refractivity contribution in [1.82, 2.24) is 0 Å². The molecule has 2 bridgehead atoms. The van der Waals surface area contributed by atoms with Crippen molar-refractivity contribution in [2.75, 3.05) is 6.61 Å². The van der Waals surface area contributed by atoms with E-state index in [0.29, 0.717) is 5.92 Å². The molecule has 6 atom stereocenters. The second kappa shape index (κ2) is 2.92. The summed E-state index contributed by atoms with van der Waals surface area (Å²) in [5.74, 6) is 0.386. The number of fused-ring (bicyclic) bond motifs is 4. The Balaban J connectivity index is 1.69. The fraction of sp³-hybridized carbons (Fsp3) is 0.684. The molecule has 116 valence electrons. The molecule has 0 aromatic heterocycles. The Morgan fingerprint density at radius 1 is 1.14 bits per heavy atom. The van der Waals surface area contributed by atoms with Crippen molar-refractivity contribution in [1.29, 1.82) is 0 Å². The van der Waals surface area contributed by atoms with Crippen LogP contribution in [0.1, 0.15) is 44.7 Å². The molecular weight excluding hydrogens is 276 g/mol. The molecular formula is C19H22O3. The average molecular weight is 298 g/mol. The molecule has 2 saturated heterocycles. The lowest BCUT2D eigenvalue weighted by molar-refractivity contribution is -0.0717. The Hall–Kier alpha value is -0.900. The summed E-state index contributed by atoms with van der Waals surface area (Å²) in [6.45, 7) is 7.72. The summed E-state index contributed by atoms with van der Waals surface area (Å²) < 4.78 is 12.6. The molecule has 0 unspecified atom stereocenters. The van der Waals surface area contributed by atoms with E-state index in [1.165, 1.54) is 11.1 Å². The van der Waals surface area contributed by atoms with Crippen molar-refractivity contribution >= 4 is 0 Å². The van der Waals surface area contributed by atoms with Gasteiger partial charge in [-0.15, -0.1) is 0 Å². The summed E-state index contributed by atoms with van der Waals surface area (Å²) in [4.78, 5) is 0. The minimum absolute atomic E-state index is 0.0815. The van der Waals surface area contributed by atoms with Crippen molar-refractivity contribution in [2.24, 2.45) is 16.7 Å². The predicted octanol–water partition coefficient (Wildman–Crippen LogP) is 2.71. The summed E-state index contributed by atoms with van der Waals surface area (Å²) in [6, 6.07) is 8.70. The van der Waals surface area contributed by atoms with E-state index < -0.39 is 0 Å². The summed E-state index contributed by atoms with van der Waals surface area (Å²) in [5.41, 5.74) is 1.99. The summed E-state index contributed by atoms with van der Waals surface area (Å²) in [5, 5.41) is 10.9. The Labute approximate surface area is 130 Å². The number of hydrogen-bond donors (Lipinski definition) is 1. The standard InChI is InChI=1S/C19H22O3/c1-15(2)13-8-14(20)16(15,3)18-9-17(10-21-17)11-6-4-5-7-12(11)19(13,18)22-18/h4-7,13-14,20H,8-10H2,1-3H3/t13-,14+,16+,17-,18+,19-/m1/s1. The largest absolute Gasteiger partial charge is 0.392 e. The van der Waals surface area contributed by atoms with Crippen molar-refractivity contribution in [3.8, 4) is 0 Å². The van der Waals surface area contributed by atoms with Gasteiger partial charge in [0.2, 0.25) is 0 Å². The molecule has 2 aliphatic heterocycles. The van der Waals surface area contributed by atoms with Gasteiger partial charge in [-0.1, -0.05) is 45.0 Å². The first-order valence-corrected chi connectivity index (χ1v) is 8.48. The van der Waals surface area contributed by atoms with Gasteiger partial charge in [0.1, 0.15) is 16.8 Å². The van der Waals surface area contributed by atoms with Crippen LogP contribution in [0.3, 0.4) is 0 Å². The normalized spacial score (nSPS) is 58.2. The van der Waals surface area contributed by atoms with Crippen LogP contribution in [-0.2, 0) is 20.7 Å². The molecule has 0 amide bonds. The molecule has 0 radical (unpaired) electrons. The number of aliphatic hydroxyl groups is 1. The Kier molecular flexibility index (Phi) is 1.66. The van der Waals surface area contributed by atoms with Crippen LogP contribution in [0.5, 0.6) is 0 Å². The van der Waals surface area contributed by atoms with Crippen LogP contribution in [0.4, 0.5) is 0 Å². The molecule has 1 aromatic rings. The maximum Gasteiger partial charge on any atom is 0.127 e. The zero-order valence-electron chi connectivity index (χ0n) is 13.3. The maximum atomic E-state index is 10.9. The van der Waals surface area contributed by atoms with Gasteiger partial charge in [-0.2, -0.15) is 0 Å². The van der Waals surface area contributed by atoms with Gasteiger partial charge in [-0.05, 0) is 23.0 Å². The monoisotopic (exact) mass is 298 g/mol. The number of ether oxygens (including phenoxy) is 2. The zero-order chi connectivity index (χ0) is 15.2. The van der Waals surface area contributed by atoms with Gasteiger partial charge >= 0.3 is 0 Å². The minimum atomic E-state index is -0.274. The van der Waals surface area contributed by atoms with Gasteiger partial charge < -0.3 is 14.6 Å². The van der Waals surface area contributed by atoms with Gasteiger partial charge in [0.15, 0.2) is 0 Å². The Morgan fingerprint density at radius 2 is 1.82 bits per heavy atom. The van der Waals surface area contributed by atoms with Crippen molar-refractivity contribution in [3.63, 3.8) is 0 Å². The smallest absolute Gasteiger partial charge is 0.127 e. The van der Waals surface area contributed by atoms with Crippen molar-refractivity contribution in [3.05, 3.63) is 35.4 Å². The van der Waals surface area contributed by atoms with E-state index in [-0.39, 0.29) is 33.7 Å². The third-order valence-corrected chi connectivity index (χ3v) is 8.40. The lowest BCUT2D eigenvalue weighted by Gasteiger charge is -2.44. The zero-order valence-corrected chi connectivity index (χ0v) is 13.3. The lowest BCUT2D eigenvalue weighted by Crippen LogP contribution is -2.52. The van der Waals surface area contributed by atoms with Crippen LogP contribution in [-0.4, -0.2) is 23.4 Å². The highest BCUT2D eigenvalue weighted by Crippen LogP contribution is 2.90. The van der Waals surface area contributed by atoms with Crippen LogP contribution in [0, 0.1) is 16.7 Å². The molecule has 3 aliphatic carbocycles. The van der Waals surface area contributed by atoms with E-state index in [9.17, 15) is 5.11 Å². The molecule has 2 heterocycles. The van der Waals surface area contributed by atoms with E-state index in [2.05, 4.69) is 45.0 Å². The number of rotatable bonds is 0. The number of aliphatic hydroxyl groups excluding tert-OH is 1. The molecule has 2 saturated carbocycles. The second-order valence-corrected chi connectivity index (χ2v) is 8.90. The van der Waals surface area contributed by atoms with E-state index in [4.69, 9.17) is 9.47 Å². The highest BCUT2D eigenvalue weighted by molar-refractivity contribution is 5.56. The van der Waals surface area contributed by atoms with Crippen molar-refractivity contribution < 1.29 is 14.6 Å². The molecule has 3 heteroatoms. The topological polar surface area (TPSA) is 45.3 Å². The van der Waals surface area contributed by atoms with E-state index >= 15 is 0 Å². The van der Waals surface area contributed by atoms with Gasteiger partial charge in [-0.25, -0.2) is 0 Å². The van der Waals surface area contributed by atoms with Crippen LogP contribution < -0.4 is 0 Å². The molecule has 1 spiro atoms. The van der Waals surface area contributed by atoms with Gasteiger partial charge in [-0.3, -0.25) is 0 Å². The maximum absolute atomic E-state index is 10.9. The van der Waals surface area contributed by atoms with E-state index in [1.807, 2.05) is 0 Å². The minimum Gasteiger partial charge on any atom is -0.392 e. The van der Waals surface area contributed by atoms with Gasteiger partial charge in [0.25, 0.3) is 0 Å². The molecule has 6 rings (SSSR count). The molecule has 1 aromatic carbocycles. The molecule has 4 fully saturated rings. The summed E-state index contributed by atoms with van der Waals surface area (Å²) in [7, 11) is 0. The first-order chi connectivity index (χ1) is 10.4. The first-order valence-electron chi connectivity index (χ1n) is 8.48. The van der Waals surface area contributed by atoms with Crippen LogP contribution in [0.15, 0.2) is 24.3 Å². The van der Waals surface area contributed by atoms with Crippen LogP contribution in [0.25, 0.3) is 0 Å². The molecule has 1 N–H and O–H groups in total. The highest BCUT2D eigenvalue weighted by Gasteiger charge is 2.96. The van der Waals surface area contributed by atoms with Crippen LogP contribution in [0.2, 0.25) is 0 Å². The summed E-state index contributed by atoms with van der Waals surface area (Å²) >= 11 is 0. The fourth-order valence-electron chi connectivity index (χ4n) is 6.96. The van der Waals surface area contributed by atoms with E-state index in [0.717, 1.165) is 19.4 Å². The van der Waals surface area contributed by atoms with Gasteiger partial charge in [0.05, 0.1) is 12.7 Å². The summed E-state index contributed by atoms with van der Waals surface area (Å²) in [6.07, 6.45) is 1.49. The SMILES string of the molecule is CC1(C)[C@H]2C[C@H](O)[C@]1(C)[C@@]13C[C@@]4(CO4)c4ccccc4[C@@]21O3. The number of epoxide rings is 2. The van der Waals surface area contributed by atoms with Gasteiger partial charge in [0, 0.05) is 17.8 Å². The predicted molar refractivity (Wildman–Crippen MR) is 80.2 cm³/mol. The first kappa shape index (κ1) is 12.5. The third-order valence-electron chi connectivity index (χ3n) is 8.40. The average Bonchev–Trinajstić information content (AvgIpc) is 3.37. The highest BCUT2D eigenvalue weighted by atomic mass is 16.7. The molecule has 5 aliphatic rings. The lowest BCUT2D eigenvalue weighted by atomic mass is 9.58. The molecule has 3 nitrogen and oxygen atoms in total. The Morgan fingerprint density at radius 3 is 2.50 bits per heavy atom. The Bertz CT molecular complexity index is 736. The fourth-order valence-corrected chi connectivity index (χ4v) is 6.96. The second-order valence-electron chi connectivity index (χ2n) is 8.90. The van der Waals surface area contributed by atoms with Crippen LogP contribution >= 0.6 is 0 Å².